The lowest BCUT2D eigenvalue weighted by Crippen LogP contribution is -2.14. The van der Waals surface area contributed by atoms with Gasteiger partial charge in [0, 0.05) is 23.6 Å². The third-order valence-corrected chi connectivity index (χ3v) is 3.41. The normalized spacial score (nSPS) is 10.0. The molecule has 1 heterocycles. The summed E-state index contributed by atoms with van der Waals surface area (Å²) in [6, 6.07) is 18.1. The van der Waals surface area contributed by atoms with Crippen LogP contribution in [0, 0.1) is 11.3 Å². The van der Waals surface area contributed by atoms with Gasteiger partial charge in [0.05, 0.1) is 18.2 Å². The molecule has 0 fully saturated rings. The molecule has 0 atom stereocenters. The number of carbonyl (C=O) groups excluding carboxylic acids is 1. The van der Waals surface area contributed by atoms with Crippen LogP contribution < -0.4 is 5.32 Å². The third-order valence-electron chi connectivity index (χ3n) is 3.41. The zero-order valence-electron chi connectivity index (χ0n) is 12.3. The Hall–Kier alpha value is -3.39. The van der Waals surface area contributed by atoms with Gasteiger partial charge in [0.1, 0.15) is 0 Å². The highest BCUT2D eigenvalue weighted by atomic mass is 16.1. The van der Waals surface area contributed by atoms with E-state index in [4.69, 9.17) is 5.26 Å². The van der Waals surface area contributed by atoms with Crippen LogP contribution in [-0.2, 0) is 6.54 Å². The van der Waals surface area contributed by atoms with Crippen molar-refractivity contribution >= 4 is 11.6 Å². The number of nitrogens with one attached hydrogen (secondary N) is 1. The largest absolute Gasteiger partial charge is 0.322 e. The van der Waals surface area contributed by atoms with Gasteiger partial charge in [0.2, 0.25) is 0 Å². The molecular formula is C18H14N4O. The fourth-order valence-electron chi connectivity index (χ4n) is 2.27. The summed E-state index contributed by atoms with van der Waals surface area (Å²) in [7, 11) is 0. The Balaban J connectivity index is 1.82. The summed E-state index contributed by atoms with van der Waals surface area (Å²) in [5, 5.41) is 16.0. The van der Waals surface area contributed by atoms with Crippen molar-refractivity contribution in [2.24, 2.45) is 0 Å². The van der Waals surface area contributed by atoms with E-state index < -0.39 is 0 Å². The number of hydrogen-bond donors (Lipinski definition) is 1. The minimum absolute atomic E-state index is 0.241. The van der Waals surface area contributed by atoms with Crippen LogP contribution in [0.1, 0.15) is 21.5 Å². The second-order valence-corrected chi connectivity index (χ2v) is 5.01. The topological polar surface area (TPSA) is 70.7 Å². The molecule has 5 nitrogen and oxygen atoms in total. The molecule has 3 rings (SSSR count). The quantitative estimate of drug-likeness (QED) is 0.805. The minimum Gasteiger partial charge on any atom is -0.322 e. The predicted molar refractivity (Wildman–Crippen MR) is 86.9 cm³/mol. The van der Waals surface area contributed by atoms with Crippen molar-refractivity contribution in [2.45, 2.75) is 6.54 Å². The van der Waals surface area contributed by atoms with Crippen LogP contribution in [0.5, 0.6) is 0 Å². The van der Waals surface area contributed by atoms with Crippen LogP contribution in [0.3, 0.4) is 0 Å². The van der Waals surface area contributed by atoms with Gasteiger partial charge in [-0.25, -0.2) is 0 Å². The molecule has 3 aromatic rings. The first kappa shape index (κ1) is 14.5. The number of nitrogens with zero attached hydrogens (tertiary/aromatic N) is 3. The number of benzene rings is 2. The van der Waals surface area contributed by atoms with Crippen molar-refractivity contribution in [1.29, 1.82) is 5.26 Å². The maximum Gasteiger partial charge on any atom is 0.255 e. The zero-order valence-corrected chi connectivity index (χ0v) is 12.3. The van der Waals surface area contributed by atoms with E-state index in [0.717, 1.165) is 11.3 Å². The highest BCUT2D eigenvalue weighted by Gasteiger charge is 2.10. The molecule has 1 amide bonds. The molecule has 1 aromatic heterocycles. The van der Waals surface area contributed by atoms with Crippen LogP contribution in [0.4, 0.5) is 5.69 Å². The van der Waals surface area contributed by atoms with Crippen molar-refractivity contribution in [3.63, 3.8) is 0 Å². The van der Waals surface area contributed by atoms with E-state index in [9.17, 15) is 4.79 Å². The molecule has 0 bridgehead atoms. The molecule has 5 heteroatoms. The SMILES string of the molecule is N#Cc1cccc(C(=O)Nc2ccccc2Cn2cccn2)c1. The molecule has 0 saturated heterocycles. The maximum atomic E-state index is 12.4. The lowest BCUT2D eigenvalue weighted by molar-refractivity contribution is 0.102. The lowest BCUT2D eigenvalue weighted by Gasteiger charge is -2.11. The van der Waals surface area contributed by atoms with Gasteiger partial charge >= 0.3 is 0 Å². The Kier molecular flexibility index (Phi) is 4.16. The molecule has 23 heavy (non-hydrogen) atoms. The summed E-state index contributed by atoms with van der Waals surface area (Å²) >= 11 is 0. The van der Waals surface area contributed by atoms with Gasteiger partial charge in [0.25, 0.3) is 5.91 Å². The molecule has 0 radical (unpaired) electrons. The number of rotatable bonds is 4. The second-order valence-electron chi connectivity index (χ2n) is 5.01. The molecule has 0 aliphatic rings. The number of nitriles is 1. The van der Waals surface area contributed by atoms with Crippen molar-refractivity contribution < 1.29 is 4.79 Å². The average molecular weight is 302 g/mol. The first-order chi connectivity index (χ1) is 11.3. The molecule has 0 aliphatic carbocycles. The van der Waals surface area contributed by atoms with Gasteiger partial charge in [-0.15, -0.1) is 0 Å². The zero-order chi connectivity index (χ0) is 16.1. The monoisotopic (exact) mass is 302 g/mol. The van der Waals surface area contributed by atoms with Crippen LogP contribution >= 0.6 is 0 Å². The van der Waals surface area contributed by atoms with E-state index >= 15 is 0 Å². The van der Waals surface area contributed by atoms with Crippen LogP contribution in [0.15, 0.2) is 67.0 Å². The molecule has 2 aromatic carbocycles. The van der Waals surface area contributed by atoms with E-state index in [1.807, 2.05) is 42.6 Å². The highest BCUT2D eigenvalue weighted by Crippen LogP contribution is 2.17. The summed E-state index contributed by atoms with van der Waals surface area (Å²) in [4.78, 5) is 12.4. The van der Waals surface area contributed by atoms with Crippen molar-refractivity contribution in [3.8, 4) is 6.07 Å². The summed E-state index contributed by atoms with van der Waals surface area (Å²) < 4.78 is 1.79. The maximum absolute atomic E-state index is 12.4. The number of aromatic nitrogens is 2. The summed E-state index contributed by atoms with van der Waals surface area (Å²) in [6.45, 7) is 0.571. The van der Waals surface area contributed by atoms with Gasteiger partial charge in [0.15, 0.2) is 0 Å². The Morgan fingerprint density at radius 2 is 2.04 bits per heavy atom. The molecule has 1 N–H and O–H groups in total. The first-order valence-corrected chi connectivity index (χ1v) is 7.13. The minimum atomic E-state index is -0.241. The number of para-hydroxylation sites is 1. The number of hydrogen-bond acceptors (Lipinski definition) is 3. The van der Waals surface area contributed by atoms with Crippen molar-refractivity contribution in [1.82, 2.24) is 9.78 Å². The molecule has 0 unspecified atom stereocenters. The number of anilines is 1. The molecule has 0 spiro atoms. The Labute approximate surface area is 133 Å². The Morgan fingerprint density at radius 1 is 1.17 bits per heavy atom. The standard InChI is InChI=1S/C18H14N4O/c19-12-14-5-3-7-15(11-14)18(23)21-17-8-2-1-6-16(17)13-22-10-4-9-20-22/h1-11H,13H2,(H,21,23). The van der Waals surface area contributed by atoms with Crippen LogP contribution in [0.2, 0.25) is 0 Å². The average Bonchev–Trinajstić information content (AvgIpc) is 3.09. The van der Waals surface area contributed by atoms with Crippen LogP contribution in [-0.4, -0.2) is 15.7 Å². The van der Waals surface area contributed by atoms with E-state index in [1.165, 1.54) is 0 Å². The second kappa shape index (κ2) is 6.58. The fraction of sp³-hybridized carbons (Fsp3) is 0.0556. The Morgan fingerprint density at radius 3 is 2.83 bits per heavy atom. The Bertz CT molecular complexity index is 863. The number of carbonyl (C=O) groups is 1. The van der Waals surface area contributed by atoms with Gasteiger partial charge in [-0.3, -0.25) is 9.48 Å². The molecule has 0 aliphatic heterocycles. The summed E-state index contributed by atoms with van der Waals surface area (Å²) in [6.07, 6.45) is 3.59. The van der Waals surface area contributed by atoms with E-state index in [1.54, 1.807) is 35.1 Å². The predicted octanol–water partition coefficient (Wildman–Crippen LogP) is 3.06. The van der Waals surface area contributed by atoms with Crippen molar-refractivity contribution in [2.75, 3.05) is 5.32 Å². The molecular weight excluding hydrogens is 288 g/mol. The summed E-state index contributed by atoms with van der Waals surface area (Å²) in [5.74, 6) is -0.241. The van der Waals surface area contributed by atoms with Gasteiger partial charge < -0.3 is 5.32 Å². The fourth-order valence-corrected chi connectivity index (χ4v) is 2.27. The van der Waals surface area contributed by atoms with Crippen molar-refractivity contribution in [3.05, 3.63) is 83.7 Å². The van der Waals surface area contributed by atoms with Gasteiger partial charge in [-0.2, -0.15) is 10.4 Å². The van der Waals surface area contributed by atoms with E-state index in [-0.39, 0.29) is 5.91 Å². The van der Waals surface area contributed by atoms with Gasteiger partial charge in [-0.05, 0) is 35.9 Å². The third kappa shape index (κ3) is 3.44. The van der Waals surface area contributed by atoms with Gasteiger partial charge in [-0.1, -0.05) is 24.3 Å². The molecule has 112 valence electrons. The lowest BCUT2D eigenvalue weighted by atomic mass is 10.1. The highest BCUT2D eigenvalue weighted by molar-refractivity contribution is 6.04. The van der Waals surface area contributed by atoms with E-state index in [2.05, 4.69) is 10.4 Å². The smallest absolute Gasteiger partial charge is 0.255 e. The van der Waals surface area contributed by atoms with Crippen LogP contribution in [0.25, 0.3) is 0 Å². The molecule has 0 saturated carbocycles. The van der Waals surface area contributed by atoms with E-state index in [0.29, 0.717) is 17.7 Å². The first-order valence-electron chi connectivity index (χ1n) is 7.13. The number of amides is 1. The summed E-state index contributed by atoms with van der Waals surface area (Å²) in [5.41, 5.74) is 2.61.